The number of benzene rings is 2. The van der Waals surface area contributed by atoms with Gasteiger partial charge in [-0.05, 0) is 42.5 Å². The van der Waals surface area contributed by atoms with E-state index in [0.29, 0.717) is 0 Å². The van der Waals surface area contributed by atoms with Crippen molar-refractivity contribution in [3.05, 3.63) is 36.4 Å². The number of nitrogens with zero attached hydrogens (tertiary/aromatic N) is 2. The van der Waals surface area contributed by atoms with Crippen LogP contribution < -0.4 is 16.4 Å². The van der Waals surface area contributed by atoms with E-state index in [2.05, 4.69) is 24.8 Å². The fraction of sp³-hybridized carbons (Fsp3) is 0.316. The van der Waals surface area contributed by atoms with Crippen molar-refractivity contribution in [3.63, 3.8) is 0 Å². The zero-order valence-electron chi connectivity index (χ0n) is 13.8. The van der Waals surface area contributed by atoms with Crippen molar-refractivity contribution in [2.45, 2.75) is 26.7 Å². The van der Waals surface area contributed by atoms with Gasteiger partial charge in [0, 0.05) is 35.2 Å². The van der Waals surface area contributed by atoms with Crippen molar-refractivity contribution < 1.29 is 0 Å². The molecular formula is C19H24N4. The summed E-state index contributed by atoms with van der Waals surface area (Å²) < 4.78 is 0. The van der Waals surface area contributed by atoms with Crippen molar-refractivity contribution >= 4 is 38.9 Å². The van der Waals surface area contributed by atoms with Gasteiger partial charge < -0.3 is 16.4 Å². The summed E-state index contributed by atoms with van der Waals surface area (Å²) in [5.74, 6) is 1.01. The predicted octanol–water partition coefficient (Wildman–Crippen LogP) is 4.18. The average molecular weight is 308 g/mol. The lowest BCUT2D eigenvalue weighted by molar-refractivity contribution is 0.739. The van der Waals surface area contributed by atoms with E-state index in [9.17, 15) is 0 Å². The van der Waals surface area contributed by atoms with E-state index < -0.39 is 0 Å². The predicted molar refractivity (Wildman–Crippen MR) is 101 cm³/mol. The lowest BCUT2D eigenvalue weighted by Crippen LogP contribution is -2.26. The molecule has 0 atom stereocenters. The van der Waals surface area contributed by atoms with Crippen LogP contribution in [-0.4, -0.2) is 18.1 Å². The Hall–Kier alpha value is -2.49. The molecule has 0 saturated heterocycles. The number of aromatic nitrogens is 1. The summed E-state index contributed by atoms with van der Waals surface area (Å²) in [5, 5.41) is 3.41. The molecule has 23 heavy (non-hydrogen) atoms. The first-order valence-corrected chi connectivity index (χ1v) is 8.27. The zero-order chi connectivity index (χ0) is 16.4. The van der Waals surface area contributed by atoms with E-state index in [1.807, 2.05) is 30.3 Å². The molecule has 3 aromatic rings. The molecule has 0 aliphatic rings. The van der Waals surface area contributed by atoms with Gasteiger partial charge in [-0.3, -0.25) is 0 Å². The Labute approximate surface area is 137 Å². The standard InChI is InChI=1S/C19H24N4/c1-3-9-23(10-4-2)19-17-11-13(20)5-7-15(17)16-8-6-14(21)12-18(16)22-19/h5-8,11-12H,3-4,9-10,20-21H2,1-2H3. The van der Waals surface area contributed by atoms with Gasteiger partial charge >= 0.3 is 0 Å². The van der Waals surface area contributed by atoms with Crippen LogP contribution in [0, 0.1) is 0 Å². The van der Waals surface area contributed by atoms with Crippen LogP contribution in [0.4, 0.5) is 17.2 Å². The molecule has 1 heterocycles. The van der Waals surface area contributed by atoms with Crippen molar-refractivity contribution in [2.24, 2.45) is 0 Å². The van der Waals surface area contributed by atoms with E-state index in [4.69, 9.17) is 16.5 Å². The number of fused-ring (bicyclic) bond motifs is 3. The van der Waals surface area contributed by atoms with Crippen molar-refractivity contribution in [1.82, 2.24) is 4.98 Å². The molecule has 1 aromatic heterocycles. The Kier molecular flexibility index (Phi) is 4.24. The fourth-order valence-electron chi connectivity index (χ4n) is 3.13. The molecule has 0 amide bonds. The third-order valence-corrected chi connectivity index (χ3v) is 4.11. The third kappa shape index (κ3) is 2.89. The number of pyridine rings is 1. The molecule has 0 radical (unpaired) electrons. The summed E-state index contributed by atoms with van der Waals surface area (Å²) in [6, 6.07) is 12.0. The summed E-state index contributed by atoms with van der Waals surface area (Å²) in [7, 11) is 0. The van der Waals surface area contributed by atoms with Gasteiger partial charge in [-0.15, -0.1) is 0 Å². The first-order valence-electron chi connectivity index (χ1n) is 8.27. The Bertz CT molecular complexity index is 836. The number of nitrogens with two attached hydrogens (primary N) is 2. The quantitative estimate of drug-likeness (QED) is 0.548. The molecule has 0 unspecified atom stereocenters. The normalized spacial score (nSPS) is 11.2. The van der Waals surface area contributed by atoms with Crippen molar-refractivity contribution in [3.8, 4) is 0 Å². The van der Waals surface area contributed by atoms with E-state index in [1.165, 1.54) is 5.39 Å². The topological polar surface area (TPSA) is 68.2 Å². The average Bonchev–Trinajstić information content (AvgIpc) is 2.53. The van der Waals surface area contributed by atoms with Crippen molar-refractivity contribution in [1.29, 1.82) is 0 Å². The molecule has 0 aliphatic carbocycles. The van der Waals surface area contributed by atoms with Crippen molar-refractivity contribution in [2.75, 3.05) is 29.5 Å². The van der Waals surface area contributed by atoms with Crippen LogP contribution in [0.5, 0.6) is 0 Å². The maximum Gasteiger partial charge on any atom is 0.137 e. The maximum absolute atomic E-state index is 6.04. The number of hydrogen-bond acceptors (Lipinski definition) is 4. The second-order valence-electron chi connectivity index (χ2n) is 6.00. The molecule has 4 N–H and O–H groups in total. The number of rotatable bonds is 5. The Morgan fingerprint density at radius 1 is 0.826 bits per heavy atom. The number of nitrogen functional groups attached to an aromatic ring is 2. The first-order chi connectivity index (χ1) is 11.1. The highest BCUT2D eigenvalue weighted by atomic mass is 15.2. The second-order valence-corrected chi connectivity index (χ2v) is 6.00. The SMILES string of the molecule is CCCN(CCC)c1nc2cc(N)ccc2c2ccc(N)cc12. The van der Waals surface area contributed by atoms with Crippen LogP contribution in [0.25, 0.3) is 21.7 Å². The minimum absolute atomic E-state index is 0.739. The minimum atomic E-state index is 0.739. The molecular weight excluding hydrogens is 284 g/mol. The molecule has 0 aliphatic heterocycles. The van der Waals surface area contributed by atoms with Gasteiger partial charge in [-0.2, -0.15) is 0 Å². The molecule has 0 fully saturated rings. The third-order valence-electron chi connectivity index (χ3n) is 4.11. The van der Waals surface area contributed by atoms with Gasteiger partial charge in [-0.1, -0.05) is 26.0 Å². The van der Waals surface area contributed by atoms with E-state index in [1.54, 1.807) is 0 Å². The van der Waals surface area contributed by atoms with Crippen LogP contribution in [0.15, 0.2) is 36.4 Å². The Balaban J connectivity index is 2.34. The first kappa shape index (κ1) is 15.4. The van der Waals surface area contributed by atoms with Crippen LogP contribution >= 0.6 is 0 Å². The monoisotopic (exact) mass is 308 g/mol. The lowest BCUT2D eigenvalue weighted by Gasteiger charge is -2.25. The van der Waals surface area contributed by atoms with Crippen LogP contribution in [0.3, 0.4) is 0 Å². The second kappa shape index (κ2) is 6.32. The van der Waals surface area contributed by atoms with E-state index in [-0.39, 0.29) is 0 Å². The summed E-state index contributed by atoms with van der Waals surface area (Å²) >= 11 is 0. The van der Waals surface area contributed by atoms with E-state index in [0.717, 1.165) is 59.4 Å². The highest BCUT2D eigenvalue weighted by Gasteiger charge is 2.14. The molecule has 0 bridgehead atoms. The molecule has 4 heteroatoms. The largest absolute Gasteiger partial charge is 0.399 e. The smallest absolute Gasteiger partial charge is 0.137 e. The van der Waals surface area contributed by atoms with Crippen LogP contribution in [-0.2, 0) is 0 Å². The van der Waals surface area contributed by atoms with Gasteiger partial charge in [0.2, 0.25) is 0 Å². The summed E-state index contributed by atoms with van der Waals surface area (Å²) in [6.45, 7) is 6.35. The number of anilines is 3. The zero-order valence-corrected chi connectivity index (χ0v) is 13.8. The van der Waals surface area contributed by atoms with Gasteiger partial charge in [0.15, 0.2) is 0 Å². The highest BCUT2D eigenvalue weighted by molar-refractivity contribution is 6.11. The van der Waals surface area contributed by atoms with Crippen LogP contribution in [0.2, 0.25) is 0 Å². The summed E-state index contributed by atoms with van der Waals surface area (Å²) in [6.07, 6.45) is 2.17. The molecule has 3 rings (SSSR count). The van der Waals surface area contributed by atoms with Gasteiger partial charge in [0.25, 0.3) is 0 Å². The highest BCUT2D eigenvalue weighted by Crippen LogP contribution is 2.33. The van der Waals surface area contributed by atoms with Crippen LogP contribution in [0.1, 0.15) is 26.7 Å². The minimum Gasteiger partial charge on any atom is -0.399 e. The van der Waals surface area contributed by atoms with Gasteiger partial charge in [-0.25, -0.2) is 4.98 Å². The van der Waals surface area contributed by atoms with E-state index >= 15 is 0 Å². The molecule has 4 nitrogen and oxygen atoms in total. The number of hydrogen-bond donors (Lipinski definition) is 2. The Morgan fingerprint density at radius 2 is 1.43 bits per heavy atom. The lowest BCUT2D eigenvalue weighted by atomic mass is 10.0. The fourth-order valence-corrected chi connectivity index (χ4v) is 3.13. The molecule has 120 valence electrons. The molecule has 2 aromatic carbocycles. The molecule has 0 saturated carbocycles. The summed E-state index contributed by atoms with van der Waals surface area (Å²) in [4.78, 5) is 7.28. The van der Waals surface area contributed by atoms with Gasteiger partial charge in [0.1, 0.15) is 5.82 Å². The summed E-state index contributed by atoms with van der Waals surface area (Å²) in [5.41, 5.74) is 14.5. The maximum atomic E-state index is 6.04. The van der Waals surface area contributed by atoms with Gasteiger partial charge in [0.05, 0.1) is 5.52 Å². The molecule has 0 spiro atoms. The Morgan fingerprint density at radius 3 is 2.09 bits per heavy atom.